The molecule has 1 N–H and O–H groups in total. The van der Waals surface area contributed by atoms with Gasteiger partial charge in [-0.1, -0.05) is 13.8 Å². The second-order valence-electron chi connectivity index (χ2n) is 5.48. The lowest BCUT2D eigenvalue weighted by Gasteiger charge is -2.19. The van der Waals surface area contributed by atoms with Gasteiger partial charge >= 0.3 is 0 Å². The van der Waals surface area contributed by atoms with Crippen LogP contribution in [-0.4, -0.2) is 31.4 Å². The predicted molar refractivity (Wildman–Crippen MR) is 74.2 cm³/mol. The van der Waals surface area contributed by atoms with E-state index in [0.717, 1.165) is 31.9 Å². The molecule has 1 aromatic carbocycles. The van der Waals surface area contributed by atoms with Gasteiger partial charge in [-0.25, -0.2) is 0 Å². The monoisotopic (exact) mass is 249 g/mol. The number of aliphatic hydroxyl groups is 1. The minimum absolute atomic E-state index is 0.298. The number of ether oxygens (including phenoxy) is 1. The van der Waals surface area contributed by atoms with E-state index in [9.17, 15) is 0 Å². The molecule has 0 saturated carbocycles. The van der Waals surface area contributed by atoms with Crippen molar-refractivity contribution in [1.29, 1.82) is 0 Å². The standard InChI is InChI=1S/C15H23NO2/c1-12(2)11-18-15-5-3-14(4-6-15)16-8-7-13(9-16)10-17/h3-6,12-13,17H,7-11H2,1-2H3. The second kappa shape index (κ2) is 6.10. The molecule has 0 aliphatic carbocycles. The van der Waals surface area contributed by atoms with Crippen molar-refractivity contribution in [3.8, 4) is 5.75 Å². The number of hydrogen-bond acceptors (Lipinski definition) is 3. The summed E-state index contributed by atoms with van der Waals surface area (Å²) in [7, 11) is 0. The molecule has 1 unspecified atom stereocenters. The molecular weight excluding hydrogens is 226 g/mol. The molecule has 0 amide bonds. The van der Waals surface area contributed by atoms with Gasteiger partial charge in [-0.2, -0.15) is 0 Å². The van der Waals surface area contributed by atoms with Crippen LogP contribution in [0.5, 0.6) is 5.75 Å². The minimum Gasteiger partial charge on any atom is -0.493 e. The van der Waals surface area contributed by atoms with Crippen LogP contribution >= 0.6 is 0 Å². The molecule has 1 heterocycles. The number of aliphatic hydroxyl groups excluding tert-OH is 1. The van der Waals surface area contributed by atoms with Gasteiger partial charge in [0.25, 0.3) is 0 Å². The quantitative estimate of drug-likeness (QED) is 0.870. The molecule has 1 atom stereocenters. The third kappa shape index (κ3) is 3.39. The Morgan fingerprint density at radius 3 is 2.61 bits per heavy atom. The number of rotatable bonds is 5. The third-order valence-corrected chi connectivity index (χ3v) is 3.33. The largest absolute Gasteiger partial charge is 0.493 e. The van der Waals surface area contributed by atoms with Gasteiger partial charge in [-0.3, -0.25) is 0 Å². The van der Waals surface area contributed by atoms with Crippen LogP contribution in [0.4, 0.5) is 5.69 Å². The first-order valence-corrected chi connectivity index (χ1v) is 6.77. The zero-order valence-corrected chi connectivity index (χ0v) is 11.3. The first-order valence-electron chi connectivity index (χ1n) is 6.77. The summed E-state index contributed by atoms with van der Waals surface area (Å²) in [5, 5.41) is 9.15. The van der Waals surface area contributed by atoms with Crippen LogP contribution in [0, 0.1) is 11.8 Å². The fraction of sp³-hybridized carbons (Fsp3) is 0.600. The molecule has 1 saturated heterocycles. The summed E-state index contributed by atoms with van der Waals surface area (Å²) >= 11 is 0. The van der Waals surface area contributed by atoms with Crippen LogP contribution in [0.1, 0.15) is 20.3 Å². The molecule has 3 nitrogen and oxygen atoms in total. The summed E-state index contributed by atoms with van der Waals surface area (Å²) in [4.78, 5) is 2.33. The van der Waals surface area contributed by atoms with Gasteiger partial charge in [0.05, 0.1) is 6.61 Å². The summed E-state index contributed by atoms with van der Waals surface area (Å²) in [5.41, 5.74) is 1.22. The number of nitrogens with zero attached hydrogens (tertiary/aromatic N) is 1. The molecule has 0 aromatic heterocycles. The predicted octanol–water partition coefficient (Wildman–Crippen LogP) is 2.54. The normalized spacial score (nSPS) is 19.6. The van der Waals surface area contributed by atoms with Crippen molar-refractivity contribution in [2.45, 2.75) is 20.3 Å². The van der Waals surface area contributed by atoms with E-state index < -0.39 is 0 Å². The van der Waals surface area contributed by atoms with E-state index >= 15 is 0 Å². The number of hydrogen-bond donors (Lipinski definition) is 1. The summed E-state index contributed by atoms with van der Waals surface area (Å²) < 4.78 is 5.67. The molecular formula is C15H23NO2. The topological polar surface area (TPSA) is 32.7 Å². The molecule has 1 fully saturated rings. The zero-order valence-electron chi connectivity index (χ0n) is 11.3. The van der Waals surface area contributed by atoms with Crippen LogP contribution in [0.25, 0.3) is 0 Å². The summed E-state index contributed by atoms with van der Waals surface area (Å²) in [5.74, 6) is 1.92. The highest BCUT2D eigenvalue weighted by atomic mass is 16.5. The van der Waals surface area contributed by atoms with Crippen molar-refractivity contribution in [3.63, 3.8) is 0 Å². The number of anilines is 1. The molecule has 3 heteroatoms. The van der Waals surface area contributed by atoms with Crippen molar-refractivity contribution in [1.82, 2.24) is 0 Å². The van der Waals surface area contributed by atoms with Gasteiger partial charge in [-0.15, -0.1) is 0 Å². The second-order valence-corrected chi connectivity index (χ2v) is 5.48. The van der Waals surface area contributed by atoms with E-state index in [1.54, 1.807) is 0 Å². The molecule has 0 bridgehead atoms. The molecule has 2 rings (SSSR count). The third-order valence-electron chi connectivity index (χ3n) is 3.33. The van der Waals surface area contributed by atoms with Crippen molar-refractivity contribution in [2.24, 2.45) is 11.8 Å². The zero-order chi connectivity index (χ0) is 13.0. The van der Waals surface area contributed by atoms with E-state index in [1.165, 1.54) is 5.69 Å². The minimum atomic E-state index is 0.298. The highest BCUT2D eigenvalue weighted by molar-refractivity contribution is 5.49. The molecule has 0 radical (unpaired) electrons. The maximum atomic E-state index is 9.15. The smallest absolute Gasteiger partial charge is 0.119 e. The Morgan fingerprint density at radius 1 is 1.33 bits per heavy atom. The number of benzene rings is 1. The van der Waals surface area contributed by atoms with Crippen LogP contribution in [-0.2, 0) is 0 Å². The molecule has 18 heavy (non-hydrogen) atoms. The van der Waals surface area contributed by atoms with Crippen LogP contribution in [0.3, 0.4) is 0 Å². The van der Waals surface area contributed by atoms with Crippen molar-refractivity contribution < 1.29 is 9.84 Å². The lowest BCUT2D eigenvalue weighted by atomic mass is 10.1. The first kappa shape index (κ1) is 13.2. The molecule has 1 aliphatic heterocycles. The average Bonchev–Trinajstić information content (AvgIpc) is 2.85. The van der Waals surface area contributed by atoms with E-state index in [4.69, 9.17) is 9.84 Å². The van der Waals surface area contributed by atoms with Crippen LogP contribution in [0.15, 0.2) is 24.3 Å². The van der Waals surface area contributed by atoms with Gasteiger partial charge in [0.15, 0.2) is 0 Å². The molecule has 1 aliphatic rings. The van der Waals surface area contributed by atoms with Gasteiger partial charge < -0.3 is 14.7 Å². The maximum absolute atomic E-state index is 9.15. The van der Waals surface area contributed by atoms with Crippen LogP contribution < -0.4 is 9.64 Å². The highest BCUT2D eigenvalue weighted by Crippen LogP contribution is 2.25. The summed E-state index contributed by atoms with van der Waals surface area (Å²) in [6.45, 7) is 7.35. The van der Waals surface area contributed by atoms with E-state index in [0.29, 0.717) is 18.4 Å². The SMILES string of the molecule is CC(C)COc1ccc(N2CCC(CO)C2)cc1. The van der Waals surface area contributed by atoms with E-state index in [1.807, 2.05) is 12.1 Å². The average molecular weight is 249 g/mol. The maximum Gasteiger partial charge on any atom is 0.119 e. The molecule has 1 aromatic rings. The summed E-state index contributed by atoms with van der Waals surface area (Å²) in [6, 6.07) is 8.28. The van der Waals surface area contributed by atoms with Crippen molar-refractivity contribution in [2.75, 3.05) is 31.2 Å². The van der Waals surface area contributed by atoms with E-state index in [-0.39, 0.29) is 0 Å². The van der Waals surface area contributed by atoms with Gasteiger partial charge in [0.1, 0.15) is 5.75 Å². The van der Waals surface area contributed by atoms with Gasteiger partial charge in [0, 0.05) is 31.3 Å². The Labute approximate surface area is 109 Å². The van der Waals surface area contributed by atoms with Crippen LogP contribution in [0.2, 0.25) is 0 Å². The molecule has 100 valence electrons. The Balaban J connectivity index is 1.91. The summed E-state index contributed by atoms with van der Waals surface area (Å²) in [6.07, 6.45) is 1.09. The van der Waals surface area contributed by atoms with Crippen molar-refractivity contribution >= 4 is 5.69 Å². The lowest BCUT2D eigenvalue weighted by Crippen LogP contribution is -2.20. The highest BCUT2D eigenvalue weighted by Gasteiger charge is 2.21. The fourth-order valence-corrected chi connectivity index (χ4v) is 2.23. The van der Waals surface area contributed by atoms with Gasteiger partial charge in [-0.05, 0) is 36.6 Å². The Hall–Kier alpha value is -1.22. The Morgan fingerprint density at radius 2 is 2.06 bits per heavy atom. The van der Waals surface area contributed by atoms with E-state index in [2.05, 4.69) is 30.9 Å². The Bertz CT molecular complexity index is 361. The molecule has 0 spiro atoms. The first-order chi connectivity index (χ1) is 8.69. The van der Waals surface area contributed by atoms with Crippen molar-refractivity contribution in [3.05, 3.63) is 24.3 Å². The Kier molecular flexibility index (Phi) is 4.48. The van der Waals surface area contributed by atoms with Gasteiger partial charge in [0.2, 0.25) is 0 Å². The lowest BCUT2D eigenvalue weighted by molar-refractivity contribution is 0.238. The fourth-order valence-electron chi connectivity index (χ4n) is 2.23.